The van der Waals surface area contributed by atoms with Crippen molar-refractivity contribution in [1.82, 2.24) is 10.2 Å². The summed E-state index contributed by atoms with van der Waals surface area (Å²) < 4.78 is 13.6. The first-order valence-electron chi connectivity index (χ1n) is 8.56. The zero-order chi connectivity index (χ0) is 17.4. The molecule has 1 N–H and O–H groups in total. The number of benzene rings is 1. The number of rotatable bonds is 8. The molecular weight excluding hydrogens is 347 g/mol. The van der Waals surface area contributed by atoms with Crippen LogP contribution in [0.25, 0.3) is 0 Å². The zero-order valence-corrected chi connectivity index (χ0v) is 15.8. The number of piperidine rings is 1. The van der Waals surface area contributed by atoms with Gasteiger partial charge in [-0.2, -0.15) is 0 Å². The molecular formula is C18H26ClFN2OS. The van der Waals surface area contributed by atoms with Crippen LogP contribution in [0.2, 0.25) is 5.02 Å². The molecule has 134 valence electrons. The third-order valence-electron chi connectivity index (χ3n) is 4.39. The normalized spacial score (nSPS) is 16.3. The van der Waals surface area contributed by atoms with E-state index < -0.39 is 0 Å². The summed E-state index contributed by atoms with van der Waals surface area (Å²) in [5.74, 6) is 1.27. The Bertz CT molecular complexity index is 516. The van der Waals surface area contributed by atoms with Gasteiger partial charge in [-0.15, -0.1) is 11.8 Å². The van der Waals surface area contributed by atoms with Gasteiger partial charge in [0.05, 0.1) is 5.75 Å². The molecule has 0 saturated carbocycles. The number of hydrogen-bond donors (Lipinski definition) is 1. The van der Waals surface area contributed by atoms with Crippen LogP contribution in [0.1, 0.15) is 31.7 Å². The van der Waals surface area contributed by atoms with Gasteiger partial charge >= 0.3 is 0 Å². The molecule has 2 rings (SSSR count). The van der Waals surface area contributed by atoms with Gasteiger partial charge in [0.25, 0.3) is 0 Å². The Kier molecular flexibility index (Phi) is 8.36. The third kappa shape index (κ3) is 6.61. The summed E-state index contributed by atoms with van der Waals surface area (Å²) in [4.78, 5) is 14.3. The van der Waals surface area contributed by atoms with E-state index in [0.29, 0.717) is 28.6 Å². The highest BCUT2D eigenvalue weighted by Gasteiger charge is 2.15. The Labute approximate surface area is 153 Å². The molecule has 1 aromatic rings. The van der Waals surface area contributed by atoms with Crippen molar-refractivity contribution in [1.29, 1.82) is 0 Å². The number of likely N-dealkylation sites (tertiary alicyclic amines) is 1. The number of nitrogens with zero attached hydrogens (tertiary/aromatic N) is 1. The zero-order valence-electron chi connectivity index (χ0n) is 14.2. The molecule has 0 atom stereocenters. The number of nitrogens with one attached hydrogen (secondary N) is 1. The molecule has 1 heterocycles. The number of hydrogen-bond acceptors (Lipinski definition) is 3. The van der Waals surface area contributed by atoms with Crippen LogP contribution >= 0.6 is 23.4 Å². The molecule has 1 fully saturated rings. The molecule has 1 aliphatic rings. The van der Waals surface area contributed by atoms with E-state index in [9.17, 15) is 9.18 Å². The minimum atomic E-state index is -0.314. The Balaban J connectivity index is 1.55. The van der Waals surface area contributed by atoms with E-state index in [2.05, 4.69) is 17.1 Å². The average molecular weight is 373 g/mol. The van der Waals surface area contributed by atoms with Gasteiger partial charge in [0, 0.05) is 22.9 Å². The average Bonchev–Trinajstić information content (AvgIpc) is 2.56. The molecule has 0 aromatic heterocycles. The minimum absolute atomic E-state index is 0.000252. The van der Waals surface area contributed by atoms with E-state index >= 15 is 0 Å². The highest BCUT2D eigenvalue weighted by molar-refractivity contribution is 7.99. The molecule has 1 aliphatic heterocycles. The van der Waals surface area contributed by atoms with Gasteiger partial charge in [0.1, 0.15) is 5.82 Å². The Hall–Kier alpha value is -0.780. The van der Waals surface area contributed by atoms with Crippen LogP contribution in [0.5, 0.6) is 0 Å². The molecule has 3 nitrogen and oxygen atoms in total. The van der Waals surface area contributed by atoms with Crippen LogP contribution in [-0.2, 0) is 10.5 Å². The summed E-state index contributed by atoms with van der Waals surface area (Å²) in [6.45, 7) is 6.41. The molecule has 0 bridgehead atoms. The standard InChI is InChI=1S/C18H26ClFN2OS/c1-14-6-10-22(11-7-14)9-3-8-21-18(23)13-24-12-15-16(19)4-2-5-17(15)20/h2,4-5,14H,3,6-13H2,1H3,(H,21,23). The molecule has 0 unspecified atom stereocenters. The Morgan fingerprint density at radius 2 is 2.17 bits per heavy atom. The fraction of sp³-hybridized carbons (Fsp3) is 0.611. The summed E-state index contributed by atoms with van der Waals surface area (Å²) >= 11 is 7.35. The molecule has 0 spiro atoms. The van der Waals surface area contributed by atoms with Gasteiger partial charge in [-0.1, -0.05) is 24.6 Å². The van der Waals surface area contributed by atoms with E-state index in [4.69, 9.17) is 11.6 Å². The maximum Gasteiger partial charge on any atom is 0.230 e. The van der Waals surface area contributed by atoms with Crippen molar-refractivity contribution < 1.29 is 9.18 Å². The van der Waals surface area contributed by atoms with Crippen molar-refractivity contribution in [2.75, 3.05) is 31.9 Å². The first kappa shape index (κ1) is 19.5. The van der Waals surface area contributed by atoms with E-state index in [1.165, 1.54) is 43.8 Å². The third-order valence-corrected chi connectivity index (χ3v) is 5.70. The van der Waals surface area contributed by atoms with Crippen molar-refractivity contribution in [3.63, 3.8) is 0 Å². The maximum atomic E-state index is 13.6. The number of amides is 1. The summed E-state index contributed by atoms with van der Waals surface area (Å²) in [5.41, 5.74) is 0.469. The van der Waals surface area contributed by atoms with E-state index in [1.807, 2.05) is 0 Å². The number of thioether (sulfide) groups is 1. The molecule has 0 radical (unpaired) electrons. The lowest BCUT2D eigenvalue weighted by Gasteiger charge is -2.30. The predicted octanol–water partition coefficient (Wildman–Crippen LogP) is 3.95. The molecule has 1 saturated heterocycles. The van der Waals surface area contributed by atoms with Crippen molar-refractivity contribution in [2.24, 2.45) is 5.92 Å². The number of halogens is 2. The highest BCUT2D eigenvalue weighted by Crippen LogP contribution is 2.23. The second-order valence-electron chi connectivity index (χ2n) is 6.42. The second-order valence-corrected chi connectivity index (χ2v) is 7.81. The van der Waals surface area contributed by atoms with Gasteiger partial charge in [-0.05, 0) is 56.9 Å². The second kappa shape index (κ2) is 10.3. The molecule has 1 amide bonds. The fourth-order valence-electron chi connectivity index (χ4n) is 2.78. The molecule has 24 heavy (non-hydrogen) atoms. The van der Waals surface area contributed by atoms with Gasteiger partial charge < -0.3 is 10.2 Å². The predicted molar refractivity (Wildman–Crippen MR) is 100 cm³/mol. The van der Waals surface area contributed by atoms with Gasteiger partial charge in [0.2, 0.25) is 5.91 Å². The lowest BCUT2D eigenvalue weighted by molar-refractivity contribution is -0.118. The van der Waals surface area contributed by atoms with Gasteiger partial charge in [-0.25, -0.2) is 4.39 Å². The van der Waals surface area contributed by atoms with Crippen molar-refractivity contribution >= 4 is 29.3 Å². The smallest absolute Gasteiger partial charge is 0.230 e. The topological polar surface area (TPSA) is 32.3 Å². The highest BCUT2D eigenvalue weighted by atomic mass is 35.5. The SMILES string of the molecule is CC1CCN(CCCNC(=O)CSCc2c(F)cccc2Cl)CC1. The first-order valence-corrected chi connectivity index (χ1v) is 10.1. The van der Waals surface area contributed by atoms with E-state index in [-0.39, 0.29) is 11.7 Å². The van der Waals surface area contributed by atoms with E-state index in [1.54, 1.807) is 12.1 Å². The lowest BCUT2D eigenvalue weighted by Crippen LogP contribution is -2.35. The first-order chi connectivity index (χ1) is 11.6. The van der Waals surface area contributed by atoms with Gasteiger partial charge in [-0.3, -0.25) is 4.79 Å². The minimum Gasteiger partial charge on any atom is -0.355 e. The van der Waals surface area contributed by atoms with Gasteiger partial charge in [0.15, 0.2) is 0 Å². The molecule has 6 heteroatoms. The summed E-state index contributed by atoms with van der Waals surface area (Å²) in [7, 11) is 0. The quantitative estimate of drug-likeness (QED) is 0.701. The van der Waals surface area contributed by atoms with Crippen LogP contribution < -0.4 is 5.32 Å². The Morgan fingerprint density at radius 1 is 1.42 bits per heavy atom. The monoisotopic (exact) mass is 372 g/mol. The summed E-state index contributed by atoms with van der Waals surface area (Å²) in [6.07, 6.45) is 3.53. The Morgan fingerprint density at radius 3 is 2.88 bits per heavy atom. The molecule has 1 aromatic carbocycles. The fourth-order valence-corrected chi connectivity index (χ4v) is 3.98. The van der Waals surface area contributed by atoms with Crippen LogP contribution in [0, 0.1) is 11.7 Å². The summed E-state index contributed by atoms with van der Waals surface area (Å²) in [5, 5.41) is 3.35. The van der Waals surface area contributed by atoms with Crippen LogP contribution in [0.4, 0.5) is 4.39 Å². The van der Waals surface area contributed by atoms with Crippen molar-refractivity contribution in [3.8, 4) is 0 Å². The van der Waals surface area contributed by atoms with Crippen LogP contribution in [0.3, 0.4) is 0 Å². The van der Waals surface area contributed by atoms with Crippen LogP contribution in [-0.4, -0.2) is 42.7 Å². The van der Waals surface area contributed by atoms with Crippen molar-refractivity contribution in [3.05, 3.63) is 34.6 Å². The van der Waals surface area contributed by atoms with E-state index in [0.717, 1.165) is 18.9 Å². The molecule has 0 aliphatic carbocycles. The summed E-state index contributed by atoms with van der Waals surface area (Å²) in [6, 6.07) is 4.65. The number of carbonyl (C=O) groups excluding carboxylic acids is 1. The largest absolute Gasteiger partial charge is 0.355 e. The van der Waals surface area contributed by atoms with Crippen LogP contribution in [0.15, 0.2) is 18.2 Å². The maximum absolute atomic E-state index is 13.6. The number of carbonyl (C=O) groups is 1. The lowest BCUT2D eigenvalue weighted by atomic mass is 9.99. The van der Waals surface area contributed by atoms with Crippen molar-refractivity contribution in [2.45, 2.75) is 31.9 Å².